The summed E-state index contributed by atoms with van der Waals surface area (Å²) in [5.41, 5.74) is 2.53. The Morgan fingerprint density at radius 1 is 1.05 bits per heavy atom. The molecule has 5 rings (SSSR count). The zero-order valence-electron chi connectivity index (χ0n) is 22.9. The highest BCUT2D eigenvalue weighted by Gasteiger charge is 2.34. The van der Waals surface area contributed by atoms with Gasteiger partial charge < -0.3 is 10.2 Å². The second-order valence-corrected chi connectivity index (χ2v) is 10.3. The van der Waals surface area contributed by atoms with Crippen LogP contribution in [0, 0.1) is 18.8 Å². The number of hydrogen-bond acceptors (Lipinski definition) is 5. The molecule has 0 aliphatic carbocycles. The molecule has 0 atom stereocenters. The fraction of sp³-hybridized carbons (Fsp3) is 0.300. The monoisotopic (exact) mass is 562 g/mol. The lowest BCUT2D eigenvalue weighted by Crippen LogP contribution is -2.44. The van der Waals surface area contributed by atoms with Crippen molar-refractivity contribution >= 4 is 22.8 Å². The van der Waals surface area contributed by atoms with Crippen molar-refractivity contribution in [3.05, 3.63) is 92.5 Å². The van der Waals surface area contributed by atoms with Crippen LogP contribution in [0.1, 0.15) is 38.2 Å². The minimum Gasteiger partial charge on any atom is -0.322 e. The van der Waals surface area contributed by atoms with Crippen LogP contribution in [-0.2, 0) is 19.8 Å². The molecule has 0 radical (unpaired) electrons. The number of halogens is 3. The number of nitrogens with one attached hydrogen (secondary N) is 2. The Bertz CT molecular complexity index is 1740. The summed E-state index contributed by atoms with van der Waals surface area (Å²) in [4.78, 5) is 35.9. The Labute approximate surface area is 234 Å². The van der Waals surface area contributed by atoms with E-state index in [1.165, 1.54) is 16.7 Å². The van der Waals surface area contributed by atoms with E-state index in [-0.39, 0.29) is 29.0 Å². The van der Waals surface area contributed by atoms with E-state index in [0.717, 1.165) is 24.7 Å². The molecule has 0 bridgehead atoms. The molecule has 3 heterocycles. The van der Waals surface area contributed by atoms with E-state index in [9.17, 15) is 22.8 Å². The topological polar surface area (TPSA) is 86.3 Å². The summed E-state index contributed by atoms with van der Waals surface area (Å²) in [6.45, 7) is 5.04. The predicted molar refractivity (Wildman–Crippen MR) is 151 cm³/mol. The minimum absolute atomic E-state index is 0.0640. The molecule has 2 N–H and O–H groups in total. The number of anilines is 1. The van der Waals surface area contributed by atoms with Gasteiger partial charge in [-0.1, -0.05) is 24.0 Å². The number of aryl methyl sites for hydroxylation is 2. The first-order valence-corrected chi connectivity index (χ1v) is 13.1. The van der Waals surface area contributed by atoms with Gasteiger partial charge in [0.05, 0.1) is 11.1 Å². The number of likely N-dealkylation sites (N-methyl/N-ethyl adjacent to an activating group) is 1. The molecule has 1 saturated heterocycles. The van der Waals surface area contributed by atoms with E-state index < -0.39 is 17.6 Å². The Kier molecular flexibility index (Phi) is 7.71. The highest BCUT2D eigenvalue weighted by molar-refractivity contribution is 6.04. The maximum absolute atomic E-state index is 14.0. The summed E-state index contributed by atoms with van der Waals surface area (Å²) in [5, 5.41) is 2.60. The average Bonchev–Trinajstić information content (AvgIpc) is 3.22. The van der Waals surface area contributed by atoms with Gasteiger partial charge in [-0.05, 0) is 55.4 Å². The molecule has 0 saturated carbocycles. The molecule has 2 aromatic heterocycles. The van der Waals surface area contributed by atoms with Gasteiger partial charge in [-0.3, -0.25) is 19.2 Å². The molecular weight excluding hydrogens is 533 g/mol. The van der Waals surface area contributed by atoms with Crippen molar-refractivity contribution in [1.29, 1.82) is 0 Å². The molecule has 1 fully saturated rings. The van der Waals surface area contributed by atoms with Gasteiger partial charge in [0, 0.05) is 68.3 Å². The Hall–Kier alpha value is -4.40. The van der Waals surface area contributed by atoms with Crippen molar-refractivity contribution in [3.8, 4) is 11.8 Å². The molecule has 4 aromatic rings. The summed E-state index contributed by atoms with van der Waals surface area (Å²) in [6.07, 6.45) is -3.01. The molecule has 11 heteroatoms. The number of carbonyl (C=O) groups is 1. The van der Waals surface area contributed by atoms with Gasteiger partial charge in [-0.2, -0.15) is 13.2 Å². The smallest absolute Gasteiger partial charge is 0.322 e. The largest absolute Gasteiger partial charge is 0.416 e. The van der Waals surface area contributed by atoms with Crippen molar-refractivity contribution in [1.82, 2.24) is 24.3 Å². The Balaban J connectivity index is 1.35. The molecular formula is C30H29F3N6O2. The fourth-order valence-corrected chi connectivity index (χ4v) is 4.71. The number of rotatable bonds is 4. The third-order valence-electron chi connectivity index (χ3n) is 7.26. The highest BCUT2D eigenvalue weighted by Crippen LogP contribution is 2.34. The number of imidazole rings is 1. The van der Waals surface area contributed by atoms with Gasteiger partial charge in [-0.25, -0.2) is 9.78 Å². The number of aromatic amines is 1. The molecule has 1 aliphatic rings. The van der Waals surface area contributed by atoms with Gasteiger partial charge in [0.15, 0.2) is 5.65 Å². The predicted octanol–water partition coefficient (Wildman–Crippen LogP) is 3.99. The quantitative estimate of drug-likeness (QED) is 0.368. The van der Waals surface area contributed by atoms with Crippen LogP contribution in [-0.4, -0.2) is 63.5 Å². The van der Waals surface area contributed by atoms with Gasteiger partial charge in [-0.15, -0.1) is 0 Å². The van der Waals surface area contributed by atoms with Crippen LogP contribution >= 0.6 is 0 Å². The first-order valence-electron chi connectivity index (χ1n) is 13.1. The van der Waals surface area contributed by atoms with Crippen LogP contribution in [0.3, 0.4) is 0 Å². The summed E-state index contributed by atoms with van der Waals surface area (Å²) in [7, 11) is 3.62. The van der Waals surface area contributed by atoms with E-state index in [2.05, 4.69) is 32.0 Å². The fourth-order valence-electron chi connectivity index (χ4n) is 4.71. The van der Waals surface area contributed by atoms with Crippen molar-refractivity contribution < 1.29 is 18.0 Å². The van der Waals surface area contributed by atoms with Gasteiger partial charge >= 0.3 is 11.9 Å². The number of H-pyrrole nitrogens is 1. The first kappa shape index (κ1) is 28.1. The van der Waals surface area contributed by atoms with Gasteiger partial charge in [0.25, 0.3) is 5.91 Å². The number of pyridine rings is 1. The Morgan fingerprint density at radius 3 is 2.54 bits per heavy atom. The van der Waals surface area contributed by atoms with Crippen molar-refractivity contribution in [2.24, 2.45) is 7.05 Å². The second kappa shape index (κ2) is 11.2. The summed E-state index contributed by atoms with van der Waals surface area (Å²) >= 11 is 0. The van der Waals surface area contributed by atoms with E-state index in [1.807, 2.05) is 18.9 Å². The highest BCUT2D eigenvalue weighted by atomic mass is 19.4. The molecule has 1 aliphatic heterocycles. The number of amides is 1. The summed E-state index contributed by atoms with van der Waals surface area (Å²) in [6, 6.07) is 10.6. The number of hydrogen-bond donors (Lipinski definition) is 2. The average molecular weight is 563 g/mol. The Morgan fingerprint density at radius 2 is 1.80 bits per heavy atom. The van der Waals surface area contributed by atoms with E-state index in [0.29, 0.717) is 35.4 Å². The number of fused-ring (bicyclic) bond motifs is 1. The summed E-state index contributed by atoms with van der Waals surface area (Å²) < 4.78 is 43.3. The van der Waals surface area contributed by atoms with Crippen molar-refractivity contribution in [3.63, 3.8) is 0 Å². The van der Waals surface area contributed by atoms with Crippen LogP contribution in [0.5, 0.6) is 0 Å². The molecule has 41 heavy (non-hydrogen) atoms. The van der Waals surface area contributed by atoms with Crippen LogP contribution in [0.15, 0.2) is 53.5 Å². The molecule has 8 nitrogen and oxygen atoms in total. The van der Waals surface area contributed by atoms with Gasteiger partial charge in [0.2, 0.25) is 0 Å². The van der Waals surface area contributed by atoms with E-state index >= 15 is 0 Å². The lowest BCUT2D eigenvalue weighted by Gasteiger charge is -2.33. The van der Waals surface area contributed by atoms with Crippen LogP contribution < -0.4 is 11.0 Å². The maximum atomic E-state index is 14.0. The molecule has 0 unspecified atom stereocenters. The third kappa shape index (κ3) is 6.34. The lowest BCUT2D eigenvalue weighted by atomic mass is 10.0. The second-order valence-electron chi connectivity index (χ2n) is 10.3. The van der Waals surface area contributed by atoms with E-state index in [4.69, 9.17) is 0 Å². The normalized spacial score (nSPS) is 14.6. The van der Waals surface area contributed by atoms with E-state index in [1.54, 1.807) is 37.5 Å². The maximum Gasteiger partial charge on any atom is 0.416 e. The van der Waals surface area contributed by atoms with Crippen molar-refractivity contribution in [2.45, 2.75) is 19.6 Å². The molecule has 0 spiro atoms. The third-order valence-corrected chi connectivity index (χ3v) is 7.26. The zero-order valence-corrected chi connectivity index (χ0v) is 22.9. The molecule has 2 aromatic carbocycles. The molecule has 212 valence electrons. The molecule has 1 amide bonds. The standard InChI is InChI=1S/C30H29F3N6O2/c1-19-4-6-22(15-21(19)7-5-20-14-26-27(34-17-20)36-29(41)38(26)3)28(40)35-24-9-8-23(25(16-24)30(31,32)33)18-39-12-10-37(2)11-13-39/h4,6,8-9,14-17H,10-13,18H2,1-3H3,(H,35,40)(H,34,36,41). The van der Waals surface area contributed by atoms with Crippen LogP contribution in [0.2, 0.25) is 0 Å². The number of piperazine rings is 1. The van der Waals surface area contributed by atoms with Crippen LogP contribution in [0.4, 0.5) is 18.9 Å². The zero-order chi connectivity index (χ0) is 29.3. The number of benzene rings is 2. The minimum atomic E-state index is -4.56. The van der Waals surface area contributed by atoms with Gasteiger partial charge in [0.1, 0.15) is 0 Å². The number of carbonyl (C=O) groups excluding carboxylic acids is 1. The SMILES string of the molecule is Cc1ccc(C(=O)Nc2ccc(CN3CCN(C)CC3)c(C(F)(F)F)c2)cc1C#Cc1cnc2[nH]c(=O)n(C)c2c1. The number of nitrogens with zero attached hydrogens (tertiary/aromatic N) is 4. The summed E-state index contributed by atoms with van der Waals surface area (Å²) in [5.74, 6) is 5.50. The van der Waals surface area contributed by atoms with Crippen molar-refractivity contribution in [2.75, 3.05) is 38.5 Å². The number of alkyl halides is 3. The number of aromatic nitrogens is 3. The first-order chi connectivity index (χ1) is 19.5. The van der Waals surface area contributed by atoms with Crippen LogP contribution in [0.25, 0.3) is 11.2 Å². The lowest BCUT2D eigenvalue weighted by molar-refractivity contribution is -0.138.